The van der Waals surface area contributed by atoms with Crippen LogP contribution < -0.4 is 5.56 Å². The fourth-order valence-corrected chi connectivity index (χ4v) is 2.79. The first-order chi connectivity index (χ1) is 11.7. The van der Waals surface area contributed by atoms with Crippen LogP contribution in [0.15, 0.2) is 41.7 Å². The van der Waals surface area contributed by atoms with Crippen molar-refractivity contribution in [3.05, 3.63) is 58.5 Å². The monoisotopic (exact) mass is 321 g/mol. The molecule has 4 aromatic heterocycles. The van der Waals surface area contributed by atoms with Crippen LogP contribution in [0.25, 0.3) is 22.6 Å². The van der Waals surface area contributed by atoms with Crippen LogP contribution >= 0.6 is 0 Å². The van der Waals surface area contributed by atoms with Crippen LogP contribution in [0.3, 0.4) is 0 Å². The van der Waals surface area contributed by atoms with E-state index in [9.17, 15) is 4.79 Å². The standard InChI is InChI=1S/C16H15N7O/c1-3-12-10(2)20-15-13(8-19-23(15)16(12)24)11-7-18-22(9-11)14-5-4-6-17-21-14/h4-9,20H,3H2,1-2H3. The number of hydrogen-bond acceptors (Lipinski definition) is 5. The van der Waals surface area contributed by atoms with Crippen LogP contribution in [0.5, 0.6) is 0 Å². The Balaban J connectivity index is 1.86. The van der Waals surface area contributed by atoms with Crippen molar-refractivity contribution < 1.29 is 0 Å². The quantitative estimate of drug-likeness (QED) is 0.617. The number of aromatic amines is 1. The molecule has 0 amide bonds. The molecule has 0 aromatic carbocycles. The van der Waals surface area contributed by atoms with Gasteiger partial charge in [-0.15, -0.1) is 5.10 Å². The Hall–Kier alpha value is -3.29. The highest BCUT2D eigenvalue weighted by atomic mass is 16.1. The molecular weight excluding hydrogens is 306 g/mol. The van der Waals surface area contributed by atoms with Crippen LogP contribution in [-0.2, 0) is 6.42 Å². The first-order valence-corrected chi connectivity index (χ1v) is 7.61. The second-order valence-electron chi connectivity index (χ2n) is 5.46. The summed E-state index contributed by atoms with van der Waals surface area (Å²) in [5.41, 5.74) is 3.83. The van der Waals surface area contributed by atoms with Crippen molar-refractivity contribution in [1.82, 2.24) is 34.6 Å². The molecule has 0 aliphatic carbocycles. The van der Waals surface area contributed by atoms with Gasteiger partial charge in [0, 0.05) is 34.8 Å². The zero-order chi connectivity index (χ0) is 16.7. The Kier molecular flexibility index (Phi) is 3.23. The van der Waals surface area contributed by atoms with Crippen LogP contribution in [0.2, 0.25) is 0 Å². The Bertz CT molecular complexity index is 1070. The minimum absolute atomic E-state index is 0.0867. The second-order valence-corrected chi connectivity index (χ2v) is 5.46. The predicted octanol–water partition coefficient (Wildman–Crippen LogP) is 1.54. The highest BCUT2D eigenvalue weighted by Crippen LogP contribution is 2.23. The zero-order valence-corrected chi connectivity index (χ0v) is 13.3. The lowest BCUT2D eigenvalue weighted by Gasteiger charge is -2.04. The minimum atomic E-state index is -0.0867. The van der Waals surface area contributed by atoms with Crippen molar-refractivity contribution >= 4 is 5.65 Å². The smallest absolute Gasteiger partial charge is 0.277 e. The molecule has 4 aromatic rings. The summed E-state index contributed by atoms with van der Waals surface area (Å²) in [4.78, 5) is 15.8. The van der Waals surface area contributed by atoms with Gasteiger partial charge in [0.2, 0.25) is 0 Å². The van der Waals surface area contributed by atoms with Gasteiger partial charge < -0.3 is 4.98 Å². The summed E-state index contributed by atoms with van der Waals surface area (Å²) in [5.74, 6) is 0.623. The van der Waals surface area contributed by atoms with Crippen molar-refractivity contribution in [2.24, 2.45) is 0 Å². The third-order valence-electron chi connectivity index (χ3n) is 4.02. The molecule has 0 fully saturated rings. The number of H-pyrrole nitrogens is 1. The second kappa shape index (κ2) is 5.41. The highest BCUT2D eigenvalue weighted by molar-refractivity contribution is 5.76. The molecule has 1 N–H and O–H groups in total. The summed E-state index contributed by atoms with van der Waals surface area (Å²) >= 11 is 0. The topological polar surface area (TPSA) is 93.8 Å². The van der Waals surface area contributed by atoms with E-state index in [0.717, 1.165) is 22.4 Å². The summed E-state index contributed by atoms with van der Waals surface area (Å²) in [6.07, 6.45) is 7.49. The lowest BCUT2D eigenvalue weighted by Crippen LogP contribution is -2.21. The van der Waals surface area contributed by atoms with E-state index in [1.807, 2.05) is 26.1 Å². The molecule has 0 aliphatic heterocycles. The number of aryl methyl sites for hydroxylation is 1. The predicted molar refractivity (Wildman–Crippen MR) is 88.1 cm³/mol. The van der Waals surface area contributed by atoms with Gasteiger partial charge in [0.25, 0.3) is 5.56 Å². The summed E-state index contributed by atoms with van der Waals surface area (Å²) in [6, 6.07) is 3.62. The molecule has 8 nitrogen and oxygen atoms in total. The summed E-state index contributed by atoms with van der Waals surface area (Å²) in [7, 11) is 0. The first kappa shape index (κ1) is 14.3. The van der Waals surface area contributed by atoms with E-state index in [1.54, 1.807) is 29.3 Å². The molecule has 0 aliphatic rings. The number of rotatable bonds is 3. The molecule has 0 bridgehead atoms. The molecule has 0 saturated heterocycles. The van der Waals surface area contributed by atoms with Crippen molar-refractivity contribution in [1.29, 1.82) is 0 Å². The first-order valence-electron chi connectivity index (χ1n) is 7.61. The van der Waals surface area contributed by atoms with E-state index in [2.05, 4.69) is 25.4 Å². The maximum atomic E-state index is 12.5. The Morgan fingerprint density at radius 1 is 1.25 bits per heavy atom. The van der Waals surface area contributed by atoms with Crippen LogP contribution in [-0.4, -0.2) is 34.6 Å². The van der Waals surface area contributed by atoms with E-state index >= 15 is 0 Å². The zero-order valence-electron chi connectivity index (χ0n) is 13.3. The molecule has 120 valence electrons. The van der Waals surface area contributed by atoms with E-state index < -0.39 is 0 Å². The van der Waals surface area contributed by atoms with Gasteiger partial charge in [-0.25, -0.2) is 4.68 Å². The Labute approximate surface area is 136 Å². The molecular formula is C16H15N7O. The molecule has 0 saturated carbocycles. The fraction of sp³-hybridized carbons (Fsp3) is 0.188. The number of nitrogens with zero attached hydrogens (tertiary/aromatic N) is 6. The van der Waals surface area contributed by atoms with Crippen LogP contribution in [0.1, 0.15) is 18.2 Å². The largest absolute Gasteiger partial charge is 0.343 e. The maximum absolute atomic E-state index is 12.5. The normalized spacial score (nSPS) is 11.2. The van der Waals surface area contributed by atoms with E-state index in [1.165, 1.54) is 4.52 Å². The van der Waals surface area contributed by atoms with Gasteiger partial charge in [0.05, 0.1) is 12.4 Å². The van der Waals surface area contributed by atoms with Gasteiger partial charge in [-0.2, -0.15) is 19.8 Å². The average molecular weight is 321 g/mol. The molecule has 0 spiro atoms. The molecule has 0 atom stereocenters. The third-order valence-corrected chi connectivity index (χ3v) is 4.02. The van der Waals surface area contributed by atoms with Crippen molar-refractivity contribution in [3.63, 3.8) is 0 Å². The van der Waals surface area contributed by atoms with E-state index in [4.69, 9.17) is 0 Å². The molecule has 4 rings (SSSR count). The molecule has 0 unspecified atom stereocenters. The minimum Gasteiger partial charge on any atom is -0.343 e. The van der Waals surface area contributed by atoms with E-state index in [-0.39, 0.29) is 5.56 Å². The number of aromatic nitrogens is 7. The average Bonchev–Trinajstić information content (AvgIpc) is 3.22. The van der Waals surface area contributed by atoms with Gasteiger partial charge in [0.1, 0.15) is 5.65 Å². The summed E-state index contributed by atoms with van der Waals surface area (Å²) < 4.78 is 3.04. The maximum Gasteiger partial charge on any atom is 0.277 e. The highest BCUT2D eigenvalue weighted by Gasteiger charge is 2.15. The van der Waals surface area contributed by atoms with E-state index in [0.29, 0.717) is 17.9 Å². The molecule has 0 radical (unpaired) electrons. The Morgan fingerprint density at radius 3 is 2.88 bits per heavy atom. The molecule has 4 heterocycles. The molecule has 24 heavy (non-hydrogen) atoms. The van der Waals surface area contributed by atoms with Gasteiger partial charge in [-0.3, -0.25) is 4.79 Å². The lowest BCUT2D eigenvalue weighted by atomic mass is 10.1. The van der Waals surface area contributed by atoms with Gasteiger partial charge in [-0.1, -0.05) is 6.92 Å². The van der Waals surface area contributed by atoms with Crippen molar-refractivity contribution in [2.75, 3.05) is 0 Å². The fourth-order valence-electron chi connectivity index (χ4n) is 2.79. The van der Waals surface area contributed by atoms with Crippen LogP contribution in [0.4, 0.5) is 0 Å². The van der Waals surface area contributed by atoms with Crippen molar-refractivity contribution in [3.8, 4) is 16.9 Å². The SMILES string of the molecule is CCc1c(C)[nH]c2c(-c3cnn(-c4cccnn4)c3)cnn2c1=O. The Morgan fingerprint density at radius 2 is 2.12 bits per heavy atom. The van der Waals surface area contributed by atoms with Crippen LogP contribution in [0, 0.1) is 6.92 Å². The summed E-state index contributed by atoms with van der Waals surface area (Å²) in [6.45, 7) is 3.86. The van der Waals surface area contributed by atoms with Crippen molar-refractivity contribution in [2.45, 2.75) is 20.3 Å². The number of hydrogen-bond donors (Lipinski definition) is 1. The third kappa shape index (κ3) is 2.11. The lowest BCUT2D eigenvalue weighted by molar-refractivity contribution is 0.814. The number of nitrogens with one attached hydrogen (secondary N) is 1. The number of fused-ring (bicyclic) bond motifs is 1. The summed E-state index contributed by atoms with van der Waals surface area (Å²) in [5, 5.41) is 16.4. The van der Waals surface area contributed by atoms with Gasteiger partial charge in [0.15, 0.2) is 5.82 Å². The van der Waals surface area contributed by atoms with Gasteiger partial charge in [-0.05, 0) is 25.5 Å². The molecule has 8 heteroatoms. The van der Waals surface area contributed by atoms with Gasteiger partial charge >= 0.3 is 0 Å².